The Labute approximate surface area is 167 Å². The van der Waals surface area contributed by atoms with Crippen molar-refractivity contribution in [3.8, 4) is 22.8 Å². The lowest BCUT2D eigenvalue weighted by Gasteiger charge is -2.08. The third-order valence-electron chi connectivity index (χ3n) is 4.37. The molecule has 1 heterocycles. The van der Waals surface area contributed by atoms with Crippen molar-refractivity contribution in [3.05, 3.63) is 58.8 Å². The zero-order chi connectivity index (χ0) is 19.1. The minimum absolute atomic E-state index is 0.0789. The lowest BCUT2D eigenvalue weighted by Crippen LogP contribution is -2.02. The molecule has 3 aromatic rings. The van der Waals surface area contributed by atoms with E-state index in [1.165, 1.54) is 18.9 Å². The van der Waals surface area contributed by atoms with Crippen molar-refractivity contribution in [1.82, 2.24) is 0 Å². The van der Waals surface area contributed by atoms with Crippen LogP contribution < -0.4 is 14.9 Å². The van der Waals surface area contributed by atoms with E-state index in [0.717, 1.165) is 29.5 Å². The second-order valence-electron chi connectivity index (χ2n) is 6.31. The summed E-state index contributed by atoms with van der Waals surface area (Å²) in [6.07, 6.45) is 4.54. The molecule has 5 heteroatoms. The van der Waals surface area contributed by atoms with Gasteiger partial charge in [-0.3, -0.25) is 4.79 Å². The maximum Gasteiger partial charge on any atom is 0.193 e. The number of halogens is 1. The van der Waals surface area contributed by atoms with Crippen LogP contribution in [0.5, 0.6) is 11.5 Å². The first-order valence-electron chi connectivity index (χ1n) is 9.12. The fraction of sp³-hybridized carbons (Fsp3) is 0.318. The molecule has 0 N–H and O–H groups in total. The van der Waals surface area contributed by atoms with E-state index < -0.39 is 0 Å². The number of hydrogen-bond donors (Lipinski definition) is 0. The molecule has 1 aromatic heterocycles. The Hall–Kier alpha value is -2.27. The molecule has 0 saturated heterocycles. The van der Waals surface area contributed by atoms with Crippen LogP contribution >= 0.6 is 15.9 Å². The molecule has 0 spiro atoms. The maximum atomic E-state index is 12.6. The highest BCUT2D eigenvalue weighted by molar-refractivity contribution is 9.09. The van der Waals surface area contributed by atoms with Crippen molar-refractivity contribution < 1.29 is 13.9 Å². The number of fused-ring (bicyclic) bond motifs is 1. The van der Waals surface area contributed by atoms with Gasteiger partial charge >= 0.3 is 0 Å². The summed E-state index contributed by atoms with van der Waals surface area (Å²) in [5.74, 6) is 2.00. The normalized spacial score (nSPS) is 10.9. The number of alkyl halides is 1. The average molecular weight is 431 g/mol. The standard InChI is InChI=1S/C22H23BrO4/c1-25-17-8-6-16(7-9-17)22-15-20(24)19-14-18(10-11-21(19)27-22)26-13-5-3-2-4-12-23/h6-11,14-15H,2-5,12-13H2,1H3. The summed E-state index contributed by atoms with van der Waals surface area (Å²) in [7, 11) is 1.62. The second-order valence-corrected chi connectivity index (χ2v) is 7.11. The zero-order valence-electron chi connectivity index (χ0n) is 15.4. The van der Waals surface area contributed by atoms with Gasteiger partial charge < -0.3 is 13.9 Å². The fourth-order valence-electron chi connectivity index (χ4n) is 2.86. The molecule has 0 aliphatic carbocycles. The highest BCUT2D eigenvalue weighted by Crippen LogP contribution is 2.26. The molecule has 27 heavy (non-hydrogen) atoms. The van der Waals surface area contributed by atoms with Gasteiger partial charge in [0.05, 0.1) is 19.1 Å². The van der Waals surface area contributed by atoms with Crippen molar-refractivity contribution in [2.75, 3.05) is 19.0 Å². The zero-order valence-corrected chi connectivity index (χ0v) is 17.0. The highest BCUT2D eigenvalue weighted by Gasteiger charge is 2.08. The maximum absolute atomic E-state index is 12.6. The summed E-state index contributed by atoms with van der Waals surface area (Å²) in [4.78, 5) is 12.6. The van der Waals surface area contributed by atoms with Gasteiger partial charge in [-0.1, -0.05) is 28.8 Å². The van der Waals surface area contributed by atoms with Crippen molar-refractivity contribution >= 4 is 26.9 Å². The van der Waals surface area contributed by atoms with E-state index in [0.29, 0.717) is 29.1 Å². The largest absolute Gasteiger partial charge is 0.497 e. The first-order chi connectivity index (χ1) is 13.2. The lowest BCUT2D eigenvalue weighted by atomic mass is 10.1. The van der Waals surface area contributed by atoms with Gasteiger partial charge in [0, 0.05) is 17.0 Å². The lowest BCUT2D eigenvalue weighted by molar-refractivity contribution is 0.305. The molecule has 0 aliphatic heterocycles. The Kier molecular flexibility index (Phi) is 6.93. The van der Waals surface area contributed by atoms with Crippen molar-refractivity contribution in [1.29, 1.82) is 0 Å². The quantitative estimate of drug-likeness (QED) is 0.317. The van der Waals surface area contributed by atoms with Gasteiger partial charge in [-0.25, -0.2) is 0 Å². The van der Waals surface area contributed by atoms with Crippen LogP contribution in [0.4, 0.5) is 0 Å². The number of unbranched alkanes of at least 4 members (excludes halogenated alkanes) is 3. The third kappa shape index (κ3) is 5.13. The summed E-state index contributed by atoms with van der Waals surface area (Å²) in [6, 6.07) is 14.4. The summed E-state index contributed by atoms with van der Waals surface area (Å²) in [5, 5.41) is 1.58. The van der Waals surface area contributed by atoms with Gasteiger partial charge in [-0.2, -0.15) is 0 Å². The molecule has 0 fully saturated rings. The van der Waals surface area contributed by atoms with E-state index in [1.54, 1.807) is 19.2 Å². The van der Waals surface area contributed by atoms with Crippen LogP contribution in [0.3, 0.4) is 0 Å². The highest BCUT2D eigenvalue weighted by atomic mass is 79.9. The van der Waals surface area contributed by atoms with Gasteiger partial charge in [0.25, 0.3) is 0 Å². The Morgan fingerprint density at radius 2 is 1.67 bits per heavy atom. The molecular weight excluding hydrogens is 408 g/mol. The first-order valence-corrected chi connectivity index (χ1v) is 10.2. The number of hydrogen-bond acceptors (Lipinski definition) is 4. The fourth-order valence-corrected chi connectivity index (χ4v) is 3.26. The van der Waals surface area contributed by atoms with Gasteiger partial charge in [-0.15, -0.1) is 0 Å². The van der Waals surface area contributed by atoms with E-state index in [2.05, 4.69) is 15.9 Å². The first kappa shape index (κ1) is 19.5. The van der Waals surface area contributed by atoms with E-state index in [-0.39, 0.29) is 5.43 Å². The molecule has 4 nitrogen and oxygen atoms in total. The molecule has 2 aromatic carbocycles. The number of rotatable bonds is 9. The van der Waals surface area contributed by atoms with Gasteiger partial charge in [-0.05, 0) is 55.3 Å². The average Bonchev–Trinajstić information content (AvgIpc) is 2.71. The Morgan fingerprint density at radius 1 is 0.926 bits per heavy atom. The molecule has 0 unspecified atom stereocenters. The Morgan fingerprint density at radius 3 is 2.41 bits per heavy atom. The third-order valence-corrected chi connectivity index (χ3v) is 4.93. The molecule has 0 amide bonds. The Balaban J connectivity index is 1.74. The smallest absolute Gasteiger partial charge is 0.193 e. The molecular formula is C22H23BrO4. The van der Waals surface area contributed by atoms with Crippen LogP contribution in [-0.4, -0.2) is 19.0 Å². The van der Waals surface area contributed by atoms with Crippen molar-refractivity contribution in [3.63, 3.8) is 0 Å². The topological polar surface area (TPSA) is 48.7 Å². The van der Waals surface area contributed by atoms with Crippen molar-refractivity contribution in [2.45, 2.75) is 25.7 Å². The number of benzene rings is 2. The summed E-state index contributed by atoms with van der Waals surface area (Å²) >= 11 is 3.44. The van der Waals surface area contributed by atoms with Gasteiger partial charge in [0.1, 0.15) is 22.8 Å². The molecule has 0 aliphatic rings. The van der Waals surface area contributed by atoms with Gasteiger partial charge in [0.2, 0.25) is 0 Å². The summed E-state index contributed by atoms with van der Waals surface area (Å²) in [6.45, 7) is 0.656. The molecule has 0 atom stereocenters. The molecule has 0 saturated carbocycles. The molecule has 0 radical (unpaired) electrons. The molecule has 142 valence electrons. The van der Waals surface area contributed by atoms with E-state index in [4.69, 9.17) is 13.9 Å². The number of ether oxygens (including phenoxy) is 2. The van der Waals surface area contributed by atoms with Crippen LogP contribution in [0.2, 0.25) is 0 Å². The summed E-state index contributed by atoms with van der Waals surface area (Å²) < 4.78 is 16.9. The monoisotopic (exact) mass is 430 g/mol. The van der Waals surface area contributed by atoms with Crippen LogP contribution in [0, 0.1) is 0 Å². The van der Waals surface area contributed by atoms with Crippen LogP contribution in [0.15, 0.2) is 57.7 Å². The van der Waals surface area contributed by atoms with Crippen LogP contribution in [0.1, 0.15) is 25.7 Å². The van der Waals surface area contributed by atoms with Crippen LogP contribution in [0.25, 0.3) is 22.3 Å². The predicted octanol–water partition coefficient (Wildman–Crippen LogP) is 5.80. The van der Waals surface area contributed by atoms with E-state index in [1.807, 2.05) is 30.3 Å². The van der Waals surface area contributed by atoms with Gasteiger partial charge in [0.15, 0.2) is 5.43 Å². The SMILES string of the molecule is COc1ccc(-c2cc(=O)c3cc(OCCCCCCBr)ccc3o2)cc1. The van der Waals surface area contributed by atoms with Crippen molar-refractivity contribution in [2.24, 2.45) is 0 Å². The predicted molar refractivity (Wildman–Crippen MR) is 112 cm³/mol. The molecule has 0 bridgehead atoms. The minimum atomic E-state index is -0.0789. The van der Waals surface area contributed by atoms with E-state index in [9.17, 15) is 4.79 Å². The Bertz CT molecular complexity index is 931. The van der Waals surface area contributed by atoms with E-state index >= 15 is 0 Å². The minimum Gasteiger partial charge on any atom is -0.497 e. The number of methoxy groups -OCH3 is 1. The molecule has 3 rings (SSSR count). The second kappa shape index (κ2) is 9.60. The summed E-state index contributed by atoms with van der Waals surface area (Å²) in [5.41, 5.74) is 1.31. The van der Waals surface area contributed by atoms with Crippen LogP contribution in [-0.2, 0) is 0 Å².